The largest absolute Gasteiger partial charge is 0.378 e. The van der Waals surface area contributed by atoms with Crippen LogP contribution in [-0.2, 0) is 11.3 Å². The Bertz CT molecular complexity index is 273. The molecule has 15 heavy (non-hydrogen) atoms. The lowest BCUT2D eigenvalue weighted by Gasteiger charge is -2.16. The van der Waals surface area contributed by atoms with Crippen molar-refractivity contribution in [1.29, 1.82) is 0 Å². The van der Waals surface area contributed by atoms with E-state index in [-0.39, 0.29) is 0 Å². The Morgan fingerprint density at radius 1 is 1.60 bits per heavy atom. The number of hydrogen-bond acceptors (Lipinski definition) is 3. The minimum Gasteiger partial charge on any atom is -0.378 e. The lowest BCUT2D eigenvalue weighted by Crippen LogP contribution is -2.27. The fourth-order valence-corrected chi connectivity index (χ4v) is 2.84. The zero-order chi connectivity index (χ0) is 10.5. The molecular weight excluding hydrogens is 206 g/mol. The van der Waals surface area contributed by atoms with Gasteiger partial charge < -0.3 is 10.1 Å². The maximum absolute atomic E-state index is 5.66. The molecule has 2 rings (SSSR count). The fourth-order valence-electron chi connectivity index (χ4n) is 2.17. The molecule has 0 amide bonds. The van der Waals surface area contributed by atoms with E-state index < -0.39 is 0 Å². The van der Waals surface area contributed by atoms with Crippen molar-refractivity contribution in [1.82, 2.24) is 5.32 Å². The highest BCUT2D eigenvalue weighted by atomic mass is 32.1. The molecule has 1 aliphatic heterocycles. The normalized spacial score (nSPS) is 25.9. The van der Waals surface area contributed by atoms with Gasteiger partial charge >= 0.3 is 0 Å². The van der Waals surface area contributed by atoms with Gasteiger partial charge in [0.25, 0.3) is 0 Å². The first-order valence-electron chi connectivity index (χ1n) is 5.73. The summed E-state index contributed by atoms with van der Waals surface area (Å²) in [4.78, 5) is 0. The summed E-state index contributed by atoms with van der Waals surface area (Å²) in [5.74, 6) is 0.716. The van der Waals surface area contributed by atoms with Gasteiger partial charge in [-0.15, -0.1) is 0 Å². The molecule has 1 saturated heterocycles. The SMILES string of the molecule is CCC1OCCC1CNCc1ccsc1. The molecule has 1 N–H and O–H groups in total. The first-order valence-corrected chi connectivity index (χ1v) is 6.68. The second-order valence-electron chi connectivity index (χ2n) is 4.13. The molecule has 1 aromatic heterocycles. The van der Waals surface area contributed by atoms with Crippen LogP contribution in [0.5, 0.6) is 0 Å². The van der Waals surface area contributed by atoms with Gasteiger partial charge in [0.2, 0.25) is 0 Å². The summed E-state index contributed by atoms with van der Waals surface area (Å²) in [7, 11) is 0. The predicted octanol–water partition coefficient (Wildman–Crippen LogP) is 2.65. The highest BCUT2D eigenvalue weighted by molar-refractivity contribution is 7.07. The summed E-state index contributed by atoms with van der Waals surface area (Å²) in [5, 5.41) is 7.85. The fraction of sp³-hybridized carbons (Fsp3) is 0.667. The van der Waals surface area contributed by atoms with Gasteiger partial charge in [-0.25, -0.2) is 0 Å². The number of ether oxygens (including phenoxy) is 1. The second-order valence-corrected chi connectivity index (χ2v) is 4.91. The van der Waals surface area contributed by atoms with Gasteiger partial charge in [0.15, 0.2) is 0 Å². The van der Waals surface area contributed by atoms with Crippen LogP contribution >= 0.6 is 11.3 Å². The quantitative estimate of drug-likeness (QED) is 0.832. The topological polar surface area (TPSA) is 21.3 Å². The Morgan fingerprint density at radius 3 is 3.27 bits per heavy atom. The minimum atomic E-state index is 0.486. The molecule has 2 heterocycles. The molecule has 2 unspecified atom stereocenters. The number of nitrogens with one attached hydrogen (secondary N) is 1. The van der Waals surface area contributed by atoms with Gasteiger partial charge in [-0.3, -0.25) is 0 Å². The molecule has 0 radical (unpaired) electrons. The summed E-state index contributed by atoms with van der Waals surface area (Å²) in [5.41, 5.74) is 1.40. The molecule has 0 bridgehead atoms. The van der Waals surface area contributed by atoms with E-state index in [4.69, 9.17) is 4.74 Å². The molecule has 0 spiro atoms. The van der Waals surface area contributed by atoms with Crippen LogP contribution in [0.15, 0.2) is 16.8 Å². The smallest absolute Gasteiger partial charge is 0.0613 e. The van der Waals surface area contributed by atoms with Crippen molar-refractivity contribution in [3.8, 4) is 0 Å². The molecular formula is C12H19NOS. The molecule has 2 atom stereocenters. The van der Waals surface area contributed by atoms with Crippen LogP contribution < -0.4 is 5.32 Å². The first kappa shape index (κ1) is 11.1. The molecule has 1 aliphatic rings. The third-order valence-electron chi connectivity index (χ3n) is 3.06. The zero-order valence-corrected chi connectivity index (χ0v) is 10.1. The first-order chi connectivity index (χ1) is 7.40. The lowest BCUT2D eigenvalue weighted by atomic mass is 10.00. The summed E-state index contributed by atoms with van der Waals surface area (Å²) < 4.78 is 5.66. The monoisotopic (exact) mass is 225 g/mol. The molecule has 0 saturated carbocycles. The van der Waals surface area contributed by atoms with E-state index in [9.17, 15) is 0 Å². The Kier molecular flexibility index (Phi) is 4.18. The number of rotatable bonds is 5. The van der Waals surface area contributed by atoms with Crippen molar-refractivity contribution in [2.75, 3.05) is 13.2 Å². The van der Waals surface area contributed by atoms with E-state index in [1.165, 1.54) is 12.0 Å². The average Bonchev–Trinajstić information content (AvgIpc) is 2.88. The van der Waals surface area contributed by atoms with E-state index >= 15 is 0 Å². The van der Waals surface area contributed by atoms with Crippen LogP contribution in [-0.4, -0.2) is 19.3 Å². The van der Waals surface area contributed by atoms with Gasteiger partial charge in [0.1, 0.15) is 0 Å². The average molecular weight is 225 g/mol. The van der Waals surface area contributed by atoms with Crippen LogP contribution in [0.4, 0.5) is 0 Å². The van der Waals surface area contributed by atoms with Crippen LogP contribution in [0.2, 0.25) is 0 Å². The third-order valence-corrected chi connectivity index (χ3v) is 3.80. The standard InChI is InChI=1S/C12H19NOS/c1-2-12-11(3-5-14-12)8-13-7-10-4-6-15-9-10/h4,6,9,11-13H,2-3,5,7-8H2,1H3. The molecule has 84 valence electrons. The van der Waals surface area contributed by atoms with E-state index in [0.717, 1.165) is 26.1 Å². The number of thiophene rings is 1. The van der Waals surface area contributed by atoms with E-state index in [1.54, 1.807) is 11.3 Å². The van der Waals surface area contributed by atoms with Crippen molar-refractivity contribution >= 4 is 11.3 Å². The highest BCUT2D eigenvalue weighted by Gasteiger charge is 2.25. The maximum atomic E-state index is 5.66. The van der Waals surface area contributed by atoms with E-state index in [2.05, 4.69) is 29.1 Å². The van der Waals surface area contributed by atoms with Crippen molar-refractivity contribution in [2.45, 2.75) is 32.4 Å². The summed E-state index contributed by atoms with van der Waals surface area (Å²) in [6, 6.07) is 2.18. The Balaban J connectivity index is 1.69. The van der Waals surface area contributed by atoms with Gasteiger partial charge in [-0.05, 0) is 41.1 Å². The maximum Gasteiger partial charge on any atom is 0.0613 e. The minimum absolute atomic E-state index is 0.486. The van der Waals surface area contributed by atoms with E-state index in [1.807, 2.05) is 0 Å². The molecule has 3 heteroatoms. The van der Waals surface area contributed by atoms with Crippen LogP contribution in [0.25, 0.3) is 0 Å². The van der Waals surface area contributed by atoms with Crippen molar-refractivity contribution in [3.05, 3.63) is 22.4 Å². The van der Waals surface area contributed by atoms with Gasteiger partial charge in [-0.2, -0.15) is 11.3 Å². The van der Waals surface area contributed by atoms with E-state index in [0.29, 0.717) is 12.0 Å². The summed E-state index contributed by atoms with van der Waals surface area (Å²) in [6.45, 7) is 5.25. The van der Waals surface area contributed by atoms with Gasteiger partial charge in [0, 0.05) is 19.7 Å². The predicted molar refractivity (Wildman–Crippen MR) is 64.2 cm³/mol. The van der Waals surface area contributed by atoms with Crippen LogP contribution in [0, 0.1) is 5.92 Å². The van der Waals surface area contributed by atoms with Gasteiger partial charge in [0.05, 0.1) is 6.10 Å². The van der Waals surface area contributed by atoms with Crippen LogP contribution in [0.3, 0.4) is 0 Å². The Hall–Kier alpha value is -0.380. The Labute approximate surface area is 95.6 Å². The molecule has 0 aromatic carbocycles. The highest BCUT2D eigenvalue weighted by Crippen LogP contribution is 2.22. The van der Waals surface area contributed by atoms with Gasteiger partial charge in [-0.1, -0.05) is 6.92 Å². The number of hydrogen-bond donors (Lipinski definition) is 1. The van der Waals surface area contributed by atoms with Crippen molar-refractivity contribution in [2.24, 2.45) is 5.92 Å². The lowest BCUT2D eigenvalue weighted by molar-refractivity contribution is 0.0872. The molecule has 2 nitrogen and oxygen atoms in total. The zero-order valence-electron chi connectivity index (χ0n) is 9.24. The van der Waals surface area contributed by atoms with Crippen LogP contribution in [0.1, 0.15) is 25.3 Å². The van der Waals surface area contributed by atoms with Crippen molar-refractivity contribution in [3.63, 3.8) is 0 Å². The summed E-state index contributed by atoms with van der Waals surface area (Å²) in [6.07, 6.45) is 2.85. The third kappa shape index (κ3) is 3.03. The van der Waals surface area contributed by atoms with Crippen molar-refractivity contribution < 1.29 is 4.74 Å². The molecule has 1 fully saturated rings. The second kappa shape index (κ2) is 5.64. The Morgan fingerprint density at radius 2 is 2.53 bits per heavy atom. The summed E-state index contributed by atoms with van der Waals surface area (Å²) >= 11 is 1.76. The molecule has 0 aliphatic carbocycles. The molecule has 1 aromatic rings.